The van der Waals surface area contributed by atoms with E-state index in [9.17, 15) is 0 Å². The van der Waals surface area contributed by atoms with Crippen molar-refractivity contribution in [3.63, 3.8) is 0 Å². The molecule has 0 aliphatic heterocycles. The van der Waals surface area contributed by atoms with Crippen molar-refractivity contribution in [1.82, 2.24) is 33.2 Å². The van der Waals surface area contributed by atoms with Crippen molar-refractivity contribution in [2.45, 2.75) is 0 Å². The number of hydrogen-bond acceptors (Lipinski definition) is 3. The zero-order valence-electron chi connectivity index (χ0n) is 47.6. The van der Waals surface area contributed by atoms with E-state index in [0.717, 1.165) is 116 Å². The molecule has 0 saturated carbocycles. The second kappa shape index (κ2) is 19.8. The SMILES string of the molecule is c1ccc(-c2ccc(-c3nc(-n4c5ccccc5c5cc(-c6ccc7c8ccccc8n(-c8ccccc8)c7c6)ccc54)nc(-n4c5ccccc5c5cc(-c6ccc7c8ccccc8n(-c8ccccc8)c7c6)ccc54)n3)c(-c3ccccc3)c2)cc1. The molecule has 0 radical (unpaired) electrons. The van der Waals surface area contributed by atoms with Crippen molar-refractivity contribution in [3.8, 4) is 79.2 Å². The van der Waals surface area contributed by atoms with Gasteiger partial charge in [-0.3, -0.25) is 9.13 Å². The lowest BCUT2D eigenvalue weighted by atomic mass is 9.94. The van der Waals surface area contributed by atoms with Crippen molar-refractivity contribution in [1.29, 1.82) is 0 Å². The Morgan fingerprint density at radius 3 is 0.977 bits per heavy atom. The van der Waals surface area contributed by atoms with Gasteiger partial charge in [0.05, 0.1) is 44.1 Å². The van der Waals surface area contributed by atoms with E-state index in [-0.39, 0.29) is 0 Å². The van der Waals surface area contributed by atoms with Gasteiger partial charge in [-0.2, -0.15) is 15.0 Å². The predicted molar refractivity (Wildman–Crippen MR) is 364 cm³/mol. The fourth-order valence-electron chi connectivity index (χ4n) is 13.8. The van der Waals surface area contributed by atoms with Gasteiger partial charge in [-0.05, 0) is 142 Å². The van der Waals surface area contributed by atoms with Crippen molar-refractivity contribution >= 4 is 87.2 Å². The smallest absolute Gasteiger partial charge is 0.240 e. The highest BCUT2D eigenvalue weighted by Gasteiger charge is 2.24. The largest absolute Gasteiger partial charge is 0.309 e. The predicted octanol–water partition coefficient (Wildman–Crippen LogP) is 20.6. The van der Waals surface area contributed by atoms with E-state index in [1.165, 1.54) is 32.6 Å². The Kier molecular flexibility index (Phi) is 11.2. The third kappa shape index (κ3) is 7.81. The summed E-state index contributed by atoms with van der Waals surface area (Å²) >= 11 is 0. The number of benzene rings is 13. The van der Waals surface area contributed by atoms with Gasteiger partial charge in [-0.25, -0.2) is 0 Å². The lowest BCUT2D eigenvalue weighted by Gasteiger charge is -2.16. The summed E-state index contributed by atoms with van der Waals surface area (Å²) in [5.41, 5.74) is 20.7. The molecule has 5 aromatic heterocycles. The second-order valence-corrected chi connectivity index (χ2v) is 22.8. The summed E-state index contributed by atoms with van der Waals surface area (Å²) in [6, 6.07) is 111. The summed E-state index contributed by atoms with van der Waals surface area (Å²) < 4.78 is 9.24. The molecule has 0 aliphatic rings. The first-order valence-corrected chi connectivity index (χ1v) is 29.9. The summed E-state index contributed by atoms with van der Waals surface area (Å²) in [6.07, 6.45) is 0. The lowest BCUT2D eigenvalue weighted by Crippen LogP contribution is -2.10. The number of aromatic nitrogens is 7. The van der Waals surface area contributed by atoms with Gasteiger partial charge < -0.3 is 9.13 Å². The summed E-state index contributed by atoms with van der Waals surface area (Å²) in [5.74, 6) is 1.60. The van der Waals surface area contributed by atoms with E-state index in [2.05, 4.69) is 328 Å². The van der Waals surface area contributed by atoms with Crippen molar-refractivity contribution in [2.75, 3.05) is 0 Å². The van der Waals surface area contributed by atoms with Crippen LogP contribution in [0.3, 0.4) is 0 Å². The van der Waals surface area contributed by atoms with Crippen LogP contribution in [0.5, 0.6) is 0 Å². The molecule has 18 rings (SSSR count). The van der Waals surface area contributed by atoms with Crippen LogP contribution in [0.25, 0.3) is 166 Å². The fourth-order valence-corrected chi connectivity index (χ4v) is 13.8. The monoisotopic (exact) mass is 1120 g/mol. The van der Waals surface area contributed by atoms with Crippen LogP contribution in [0.4, 0.5) is 0 Å². The third-order valence-electron chi connectivity index (χ3n) is 17.9. The van der Waals surface area contributed by atoms with Crippen LogP contribution >= 0.6 is 0 Å². The van der Waals surface area contributed by atoms with Crippen LogP contribution in [0.2, 0.25) is 0 Å². The van der Waals surface area contributed by atoms with Gasteiger partial charge in [-0.15, -0.1) is 0 Å². The lowest BCUT2D eigenvalue weighted by molar-refractivity contribution is 0.893. The van der Waals surface area contributed by atoms with E-state index in [1.807, 2.05) is 0 Å². The summed E-state index contributed by atoms with van der Waals surface area (Å²) in [5, 5.41) is 9.31. The molecule has 0 bridgehead atoms. The Labute approximate surface area is 506 Å². The van der Waals surface area contributed by atoms with E-state index >= 15 is 0 Å². The average Bonchev–Trinajstić information content (AvgIpc) is 1.68. The maximum atomic E-state index is 5.66. The number of hydrogen-bond donors (Lipinski definition) is 0. The molecule has 13 aromatic carbocycles. The van der Waals surface area contributed by atoms with E-state index < -0.39 is 0 Å². The molecular formula is C81H51N7. The minimum Gasteiger partial charge on any atom is -0.309 e. The molecule has 410 valence electrons. The molecule has 5 heterocycles. The molecule has 7 heteroatoms. The molecule has 0 amide bonds. The first-order chi connectivity index (χ1) is 43.6. The molecule has 0 N–H and O–H groups in total. The molecule has 0 saturated heterocycles. The number of nitrogens with zero attached hydrogens (tertiary/aromatic N) is 7. The molecule has 0 unspecified atom stereocenters. The van der Waals surface area contributed by atoms with Crippen LogP contribution in [0, 0.1) is 0 Å². The highest BCUT2D eigenvalue weighted by molar-refractivity contribution is 6.14. The van der Waals surface area contributed by atoms with E-state index in [1.54, 1.807) is 0 Å². The fraction of sp³-hybridized carbons (Fsp3) is 0. The number of para-hydroxylation sites is 6. The highest BCUT2D eigenvalue weighted by Crippen LogP contribution is 2.43. The van der Waals surface area contributed by atoms with Crippen LogP contribution in [-0.4, -0.2) is 33.2 Å². The molecule has 0 spiro atoms. The standard InChI is InChI=1S/C81H51N7/c1-5-21-52(22-6-1)54-39-44-67(68(47-54)53-23-7-2-8-24-53)79-82-80(87-73-35-19-15-31-63(73)69-48-55(40-45-75(69)87)57-37-42-65-61-29-13-17-33-71(61)85(77(65)50-57)59-25-9-3-10-26-59)84-81(83-79)88-74-36-20-16-32-64(74)70-49-56(41-46-76(70)88)58-38-43-66-62-30-14-18-34-72(62)86(78(66)51-58)60-27-11-4-12-28-60/h1-51H. The summed E-state index contributed by atoms with van der Waals surface area (Å²) in [4.78, 5) is 16.9. The second-order valence-electron chi connectivity index (χ2n) is 22.8. The van der Waals surface area contributed by atoms with Gasteiger partial charge in [0.2, 0.25) is 11.9 Å². The zero-order valence-corrected chi connectivity index (χ0v) is 47.6. The third-order valence-corrected chi connectivity index (χ3v) is 17.9. The van der Waals surface area contributed by atoms with Gasteiger partial charge in [0.25, 0.3) is 0 Å². The normalized spacial score (nSPS) is 11.9. The van der Waals surface area contributed by atoms with Gasteiger partial charge in [0.15, 0.2) is 5.82 Å². The molecule has 7 nitrogen and oxygen atoms in total. The van der Waals surface area contributed by atoms with Gasteiger partial charge >= 0.3 is 0 Å². The Morgan fingerprint density at radius 2 is 0.511 bits per heavy atom. The zero-order chi connectivity index (χ0) is 57.8. The van der Waals surface area contributed by atoms with Crippen molar-refractivity contribution in [3.05, 3.63) is 309 Å². The van der Waals surface area contributed by atoms with Gasteiger partial charge in [0, 0.05) is 60.0 Å². The first kappa shape index (κ1) is 49.5. The van der Waals surface area contributed by atoms with Crippen LogP contribution in [-0.2, 0) is 0 Å². The summed E-state index contributed by atoms with van der Waals surface area (Å²) in [6.45, 7) is 0. The Hall–Kier alpha value is -11.9. The number of rotatable bonds is 9. The Bertz CT molecular complexity index is 5500. The van der Waals surface area contributed by atoms with E-state index in [0.29, 0.717) is 17.7 Å². The highest BCUT2D eigenvalue weighted by atomic mass is 15.3. The average molecular weight is 1120 g/mol. The Morgan fingerprint density at radius 1 is 0.182 bits per heavy atom. The number of fused-ring (bicyclic) bond motifs is 12. The molecule has 18 aromatic rings. The minimum absolute atomic E-state index is 0.517. The molecule has 0 aliphatic carbocycles. The van der Waals surface area contributed by atoms with Gasteiger partial charge in [-0.1, -0.05) is 212 Å². The van der Waals surface area contributed by atoms with Crippen LogP contribution < -0.4 is 0 Å². The molecule has 0 atom stereocenters. The van der Waals surface area contributed by atoms with E-state index in [4.69, 9.17) is 15.0 Å². The van der Waals surface area contributed by atoms with Gasteiger partial charge in [0.1, 0.15) is 0 Å². The molecule has 88 heavy (non-hydrogen) atoms. The first-order valence-electron chi connectivity index (χ1n) is 29.9. The molecular weight excluding hydrogens is 1070 g/mol. The minimum atomic E-state index is 0.517. The maximum absolute atomic E-state index is 5.66. The maximum Gasteiger partial charge on any atom is 0.240 e. The quantitative estimate of drug-likeness (QED) is 0.145. The topological polar surface area (TPSA) is 58.4 Å². The summed E-state index contributed by atoms with van der Waals surface area (Å²) in [7, 11) is 0. The van der Waals surface area contributed by atoms with Crippen LogP contribution in [0.1, 0.15) is 0 Å². The van der Waals surface area contributed by atoms with Crippen LogP contribution in [0.15, 0.2) is 309 Å². The van der Waals surface area contributed by atoms with Crippen molar-refractivity contribution in [2.24, 2.45) is 0 Å². The Balaban J connectivity index is 0.851. The van der Waals surface area contributed by atoms with Crippen molar-refractivity contribution < 1.29 is 0 Å². The molecule has 0 fully saturated rings.